The van der Waals surface area contributed by atoms with Crippen LogP contribution in [-0.4, -0.2) is 43.4 Å². The SMILES string of the molecule is COc1cc2c(NCc3cc(S(N)(=O)=O)ccc3OCC(F)(F)F)ncnc2cc1O. The first-order chi connectivity index (χ1) is 14.5. The maximum atomic E-state index is 12.6. The Kier molecular flexibility index (Phi) is 6.08. The summed E-state index contributed by atoms with van der Waals surface area (Å²) >= 11 is 0. The van der Waals surface area contributed by atoms with Gasteiger partial charge in [0.15, 0.2) is 18.1 Å². The van der Waals surface area contributed by atoms with Crippen LogP contribution in [0.15, 0.2) is 41.6 Å². The Labute approximate surface area is 174 Å². The van der Waals surface area contributed by atoms with Crippen LogP contribution < -0.4 is 19.9 Å². The maximum absolute atomic E-state index is 12.6. The van der Waals surface area contributed by atoms with Gasteiger partial charge >= 0.3 is 6.18 Å². The van der Waals surface area contributed by atoms with E-state index in [1.165, 1.54) is 25.6 Å². The molecular formula is C18H17F3N4O5S. The smallest absolute Gasteiger partial charge is 0.422 e. The average Bonchev–Trinajstić information content (AvgIpc) is 2.69. The van der Waals surface area contributed by atoms with E-state index < -0.39 is 22.8 Å². The van der Waals surface area contributed by atoms with Crippen molar-refractivity contribution in [2.24, 2.45) is 5.14 Å². The molecule has 0 spiro atoms. The summed E-state index contributed by atoms with van der Waals surface area (Å²) in [7, 11) is -2.73. The average molecular weight is 458 g/mol. The number of phenolic OH excluding ortho intramolecular Hbond substituents is 1. The fourth-order valence-corrected chi connectivity index (χ4v) is 3.29. The topological polar surface area (TPSA) is 137 Å². The molecule has 13 heteroatoms. The van der Waals surface area contributed by atoms with Crippen LogP contribution in [0.3, 0.4) is 0 Å². The van der Waals surface area contributed by atoms with Crippen LogP contribution in [0.1, 0.15) is 5.56 Å². The number of hydrogen-bond donors (Lipinski definition) is 3. The van der Waals surface area contributed by atoms with Crippen molar-refractivity contribution < 1.29 is 36.2 Å². The lowest BCUT2D eigenvalue weighted by molar-refractivity contribution is -0.153. The second-order valence-corrected chi connectivity index (χ2v) is 7.90. The zero-order valence-electron chi connectivity index (χ0n) is 16.0. The molecule has 0 amide bonds. The fourth-order valence-electron chi connectivity index (χ4n) is 2.73. The molecule has 0 bridgehead atoms. The summed E-state index contributed by atoms with van der Waals surface area (Å²) in [4.78, 5) is 7.84. The number of fused-ring (bicyclic) bond motifs is 1. The zero-order valence-corrected chi connectivity index (χ0v) is 16.8. The molecular weight excluding hydrogens is 441 g/mol. The molecule has 0 saturated heterocycles. The van der Waals surface area contributed by atoms with Crippen LogP contribution in [0.25, 0.3) is 10.9 Å². The van der Waals surface area contributed by atoms with E-state index in [1.807, 2.05) is 0 Å². The number of nitrogens with zero attached hydrogens (tertiary/aromatic N) is 2. The molecule has 0 aliphatic carbocycles. The number of anilines is 1. The van der Waals surface area contributed by atoms with Gasteiger partial charge in [-0.3, -0.25) is 0 Å². The quantitative estimate of drug-likeness (QED) is 0.491. The summed E-state index contributed by atoms with van der Waals surface area (Å²) in [5, 5.41) is 18.4. The van der Waals surface area contributed by atoms with Crippen LogP contribution >= 0.6 is 0 Å². The molecule has 31 heavy (non-hydrogen) atoms. The molecule has 166 valence electrons. The summed E-state index contributed by atoms with van der Waals surface area (Å²) in [5.41, 5.74) is 0.482. The van der Waals surface area contributed by atoms with Gasteiger partial charge in [0, 0.05) is 23.6 Å². The molecule has 4 N–H and O–H groups in total. The number of nitrogens with two attached hydrogens (primary N) is 1. The van der Waals surface area contributed by atoms with E-state index in [0.717, 1.165) is 18.2 Å². The van der Waals surface area contributed by atoms with E-state index in [0.29, 0.717) is 10.9 Å². The third kappa shape index (κ3) is 5.44. The van der Waals surface area contributed by atoms with Gasteiger partial charge in [0.1, 0.15) is 17.9 Å². The number of alkyl halides is 3. The van der Waals surface area contributed by atoms with Crippen LogP contribution in [0.5, 0.6) is 17.2 Å². The van der Waals surface area contributed by atoms with E-state index in [-0.39, 0.29) is 40.1 Å². The van der Waals surface area contributed by atoms with Gasteiger partial charge in [0.05, 0.1) is 17.5 Å². The highest BCUT2D eigenvalue weighted by molar-refractivity contribution is 7.89. The predicted octanol–water partition coefficient (Wildman–Crippen LogP) is 2.54. The van der Waals surface area contributed by atoms with Gasteiger partial charge in [-0.2, -0.15) is 13.2 Å². The van der Waals surface area contributed by atoms with Gasteiger partial charge in [0.2, 0.25) is 10.0 Å². The Morgan fingerprint density at radius 1 is 1.16 bits per heavy atom. The Balaban J connectivity index is 1.96. The summed E-state index contributed by atoms with van der Waals surface area (Å²) in [6, 6.07) is 6.11. The van der Waals surface area contributed by atoms with Crippen LogP contribution in [0.2, 0.25) is 0 Å². The molecule has 2 aromatic carbocycles. The number of methoxy groups -OCH3 is 1. The summed E-state index contributed by atoms with van der Waals surface area (Å²) in [6.45, 7) is -1.70. The molecule has 3 aromatic rings. The van der Waals surface area contributed by atoms with Crippen molar-refractivity contribution >= 4 is 26.7 Å². The van der Waals surface area contributed by atoms with E-state index in [4.69, 9.17) is 14.6 Å². The Morgan fingerprint density at radius 2 is 1.90 bits per heavy atom. The monoisotopic (exact) mass is 458 g/mol. The van der Waals surface area contributed by atoms with Crippen molar-refractivity contribution in [3.63, 3.8) is 0 Å². The number of phenols is 1. The first kappa shape index (κ1) is 22.4. The molecule has 1 heterocycles. The highest BCUT2D eigenvalue weighted by Crippen LogP contribution is 2.33. The first-order valence-corrected chi connectivity index (χ1v) is 10.1. The van der Waals surface area contributed by atoms with Crippen LogP contribution in [0, 0.1) is 0 Å². The number of ether oxygens (including phenoxy) is 2. The molecule has 9 nitrogen and oxygen atoms in total. The number of rotatable bonds is 7. The summed E-state index contributed by atoms with van der Waals surface area (Å²) < 4.78 is 70.9. The highest BCUT2D eigenvalue weighted by atomic mass is 32.2. The number of sulfonamides is 1. The van der Waals surface area contributed by atoms with Crippen molar-refractivity contribution in [3.05, 3.63) is 42.2 Å². The van der Waals surface area contributed by atoms with Gasteiger partial charge in [-0.1, -0.05) is 0 Å². The van der Waals surface area contributed by atoms with Crippen molar-refractivity contribution in [2.45, 2.75) is 17.6 Å². The fraction of sp³-hybridized carbons (Fsp3) is 0.222. The van der Waals surface area contributed by atoms with Crippen LogP contribution in [0.4, 0.5) is 19.0 Å². The largest absolute Gasteiger partial charge is 0.504 e. The third-order valence-corrected chi connectivity index (χ3v) is 5.05. The Bertz CT molecular complexity index is 1220. The van der Waals surface area contributed by atoms with Crippen LogP contribution in [-0.2, 0) is 16.6 Å². The summed E-state index contributed by atoms with van der Waals surface area (Å²) in [6.07, 6.45) is -3.36. The highest BCUT2D eigenvalue weighted by Gasteiger charge is 2.29. The number of nitrogens with one attached hydrogen (secondary N) is 1. The molecule has 0 fully saturated rings. The van der Waals surface area contributed by atoms with Gasteiger partial charge < -0.3 is 19.9 Å². The molecule has 0 atom stereocenters. The number of primary sulfonamides is 1. The molecule has 1 aromatic heterocycles. The first-order valence-electron chi connectivity index (χ1n) is 8.59. The molecule has 0 saturated carbocycles. The lowest BCUT2D eigenvalue weighted by Gasteiger charge is -2.15. The predicted molar refractivity (Wildman–Crippen MR) is 104 cm³/mol. The van der Waals surface area contributed by atoms with E-state index in [9.17, 15) is 26.7 Å². The number of aromatic nitrogens is 2. The lowest BCUT2D eigenvalue weighted by Crippen LogP contribution is -2.20. The third-order valence-electron chi connectivity index (χ3n) is 4.13. The normalized spacial score (nSPS) is 12.0. The minimum absolute atomic E-state index is 0.105. The minimum Gasteiger partial charge on any atom is -0.504 e. The number of hydrogen-bond acceptors (Lipinski definition) is 8. The van der Waals surface area contributed by atoms with Gasteiger partial charge in [0.25, 0.3) is 0 Å². The zero-order chi connectivity index (χ0) is 22.8. The molecule has 0 radical (unpaired) electrons. The minimum atomic E-state index is -4.58. The van der Waals surface area contributed by atoms with E-state index in [2.05, 4.69) is 15.3 Å². The lowest BCUT2D eigenvalue weighted by atomic mass is 10.1. The van der Waals surface area contributed by atoms with Crippen molar-refractivity contribution in [2.75, 3.05) is 19.0 Å². The summed E-state index contributed by atoms with van der Waals surface area (Å²) in [5.74, 6) is 0.121. The van der Waals surface area contributed by atoms with Crippen molar-refractivity contribution in [1.29, 1.82) is 0 Å². The Hall–Kier alpha value is -3.32. The number of aromatic hydroxyl groups is 1. The second-order valence-electron chi connectivity index (χ2n) is 6.34. The molecule has 0 aliphatic heterocycles. The second kappa shape index (κ2) is 8.43. The van der Waals surface area contributed by atoms with Crippen molar-refractivity contribution in [3.8, 4) is 17.2 Å². The molecule has 3 rings (SSSR count). The number of halogens is 3. The standard InChI is InChI=1S/C18H17F3N4O5S/c1-29-16-5-12-13(6-14(16)26)24-9-25-17(12)23-7-10-4-11(31(22,27)28)2-3-15(10)30-8-18(19,20)21/h2-6,9,26H,7-8H2,1H3,(H2,22,27,28)(H,23,24,25). The van der Waals surface area contributed by atoms with Gasteiger partial charge in [-0.25, -0.2) is 23.5 Å². The van der Waals surface area contributed by atoms with Gasteiger partial charge in [-0.05, 0) is 24.3 Å². The number of benzene rings is 2. The van der Waals surface area contributed by atoms with E-state index in [1.54, 1.807) is 0 Å². The Morgan fingerprint density at radius 3 is 2.55 bits per heavy atom. The molecule has 0 unspecified atom stereocenters. The van der Waals surface area contributed by atoms with Crippen molar-refractivity contribution in [1.82, 2.24) is 9.97 Å². The molecule has 0 aliphatic rings. The van der Waals surface area contributed by atoms with E-state index >= 15 is 0 Å². The maximum Gasteiger partial charge on any atom is 0.422 e. The van der Waals surface area contributed by atoms with Gasteiger partial charge in [-0.15, -0.1) is 0 Å².